The van der Waals surface area contributed by atoms with E-state index >= 15 is 0 Å². The quantitative estimate of drug-likeness (QED) is 0.578. The van der Waals surface area contributed by atoms with Crippen LogP contribution in [-0.4, -0.2) is 0 Å². The molecule has 0 bridgehead atoms. The Morgan fingerprint density at radius 1 is 1.60 bits per heavy atom. The topological polar surface area (TPSA) is 33.5 Å². The third kappa shape index (κ3) is 325. The number of rotatable bonds is 0. The van der Waals surface area contributed by atoms with E-state index in [4.69, 9.17) is 0 Å². The zero-order valence-electron chi connectivity index (χ0n) is 2.98. The average molecular weight is 241 g/mol. The molecule has 0 unspecified atom stereocenters. The van der Waals surface area contributed by atoms with Crippen LogP contribution in [0.3, 0.4) is 0 Å². The van der Waals surface area contributed by atoms with Crippen LogP contribution < -0.4 is 0 Å². The van der Waals surface area contributed by atoms with Crippen LogP contribution in [0.4, 0.5) is 0 Å². The Morgan fingerprint density at radius 2 is 1.60 bits per heavy atom. The molecule has 0 saturated heterocycles. The maximum Gasteiger partial charge on any atom is 2.00 e. The van der Waals surface area contributed by atoms with E-state index in [9.17, 15) is 0 Å². The summed E-state index contributed by atoms with van der Waals surface area (Å²) in [7, 11) is 0. The summed E-state index contributed by atoms with van der Waals surface area (Å²) in [4.78, 5) is 0. The molecule has 1 nitrogen and oxygen atoms in total. The third-order valence-electron chi connectivity index (χ3n) is 0. The van der Waals surface area contributed by atoms with E-state index in [0.717, 1.165) is 0 Å². The second-order valence-electron chi connectivity index (χ2n) is 0.289. The molecule has 0 heterocycles. The Bertz CT molecular complexity index is 14.4. The van der Waals surface area contributed by atoms with Gasteiger partial charge in [-0.3, -0.25) is 0 Å². The molecular formula is C3H7NW. The zero-order valence-corrected chi connectivity index (χ0v) is 5.91. The summed E-state index contributed by atoms with van der Waals surface area (Å²) >= 11 is 0. The Morgan fingerprint density at radius 3 is 1.60 bits per heavy atom. The molecule has 0 aromatic rings. The largest absolute Gasteiger partial charge is 2.00 e. The summed E-state index contributed by atoms with van der Waals surface area (Å²) in [5.74, 6) is 0. The van der Waals surface area contributed by atoms with Crippen molar-refractivity contribution in [3.63, 3.8) is 0 Å². The van der Waals surface area contributed by atoms with Crippen LogP contribution in [0.25, 0.3) is 6.15 Å². The molecule has 0 aromatic carbocycles. The Hall–Kier alpha value is 0.258. The molecule has 0 aromatic heterocycles. The molecule has 0 amide bonds. The third-order valence-corrected chi connectivity index (χ3v) is 0. The van der Waals surface area contributed by atoms with Crippen molar-refractivity contribution < 1.29 is 21.1 Å². The van der Waals surface area contributed by atoms with E-state index in [1.54, 1.807) is 0 Å². The molecule has 0 rings (SSSR count). The smallest absolute Gasteiger partial charge is 0.693 e. The summed E-state index contributed by atoms with van der Waals surface area (Å²) in [6, 6.07) is 0. The molecule has 0 aliphatic rings. The van der Waals surface area contributed by atoms with Crippen molar-refractivity contribution in [2.75, 3.05) is 0 Å². The average Bonchev–Trinajstić information content (AvgIpc) is 0.918. The van der Waals surface area contributed by atoms with E-state index in [2.05, 4.69) is 13.5 Å². The van der Waals surface area contributed by atoms with Crippen LogP contribution in [0.1, 0.15) is 0 Å². The first-order valence-corrected chi connectivity index (χ1v) is 0.816. The van der Waals surface area contributed by atoms with E-state index in [1.807, 2.05) is 0 Å². The summed E-state index contributed by atoms with van der Waals surface area (Å²) in [5.41, 5.74) is 0. The van der Waals surface area contributed by atoms with Gasteiger partial charge in [0.2, 0.25) is 0 Å². The molecule has 0 aliphatic heterocycles. The standard InChI is InChI=1S/C3H5.H2N.W/c1-3-2;;/h3H,1-2H2;1H2;/q2*-1;+2. The minimum Gasteiger partial charge on any atom is -0.693 e. The normalized spacial score (nSPS) is 2.40. The van der Waals surface area contributed by atoms with Crippen molar-refractivity contribution in [3.05, 3.63) is 25.7 Å². The molecule has 0 fully saturated rings. The fourth-order valence-electron chi connectivity index (χ4n) is 0. The molecule has 0 aliphatic carbocycles. The van der Waals surface area contributed by atoms with Crippen LogP contribution >= 0.6 is 0 Å². The van der Waals surface area contributed by atoms with Gasteiger partial charge >= 0.3 is 21.1 Å². The number of allylic oxidation sites excluding steroid dienone is 1. The van der Waals surface area contributed by atoms with Crippen LogP contribution in [-0.2, 0) is 21.1 Å². The van der Waals surface area contributed by atoms with Crippen molar-refractivity contribution in [2.45, 2.75) is 0 Å². The Labute approximate surface area is 47.3 Å². The molecular weight excluding hydrogens is 234 g/mol. The Kier molecular flexibility index (Phi) is 107. The molecule has 0 atom stereocenters. The second kappa shape index (κ2) is 28.6. The second-order valence-corrected chi connectivity index (χ2v) is 0.289. The van der Waals surface area contributed by atoms with Crippen LogP contribution in [0, 0.1) is 6.92 Å². The van der Waals surface area contributed by atoms with Gasteiger partial charge in [0, 0.05) is 0 Å². The van der Waals surface area contributed by atoms with E-state index in [-0.39, 0.29) is 27.2 Å². The number of hydrogen-bond donors (Lipinski definition) is 0. The van der Waals surface area contributed by atoms with Crippen LogP contribution in [0.2, 0.25) is 0 Å². The van der Waals surface area contributed by atoms with Gasteiger partial charge in [-0.15, -0.1) is 0 Å². The molecule has 0 saturated carbocycles. The van der Waals surface area contributed by atoms with Gasteiger partial charge < -0.3 is 6.15 Å². The van der Waals surface area contributed by atoms with Gasteiger partial charge in [-0.25, -0.2) is 19.6 Å². The van der Waals surface area contributed by atoms with E-state index < -0.39 is 0 Å². The first kappa shape index (κ1) is 18.7. The summed E-state index contributed by atoms with van der Waals surface area (Å²) in [5, 5.41) is 0. The summed E-state index contributed by atoms with van der Waals surface area (Å²) < 4.78 is 0. The molecule has 2 N–H and O–H groups in total. The first-order valence-electron chi connectivity index (χ1n) is 0.816. The van der Waals surface area contributed by atoms with Gasteiger partial charge in [0.1, 0.15) is 0 Å². The predicted molar refractivity (Wildman–Crippen MR) is 20.8 cm³/mol. The zero-order chi connectivity index (χ0) is 2.71. The van der Waals surface area contributed by atoms with Crippen molar-refractivity contribution in [1.82, 2.24) is 0 Å². The van der Waals surface area contributed by atoms with Crippen molar-refractivity contribution in [1.29, 1.82) is 0 Å². The van der Waals surface area contributed by atoms with Gasteiger partial charge in [0.15, 0.2) is 0 Å². The Balaban J connectivity index is -0.0000000200. The summed E-state index contributed by atoms with van der Waals surface area (Å²) in [6.07, 6.45) is 1.50. The predicted octanol–water partition coefficient (Wildman–Crippen LogP) is 1.72. The van der Waals surface area contributed by atoms with Gasteiger partial charge in [-0.05, 0) is 0 Å². The molecule has 2 heteroatoms. The molecule has 5 heavy (non-hydrogen) atoms. The number of hydrogen-bond acceptors (Lipinski definition) is 0. The maximum atomic E-state index is 3.25. The van der Waals surface area contributed by atoms with Crippen molar-refractivity contribution in [3.8, 4) is 0 Å². The van der Waals surface area contributed by atoms with Gasteiger partial charge in [0.25, 0.3) is 0 Å². The van der Waals surface area contributed by atoms with Crippen molar-refractivity contribution >= 4 is 0 Å². The monoisotopic (exact) mass is 241 g/mol. The van der Waals surface area contributed by atoms with Crippen LogP contribution in [0.15, 0.2) is 12.7 Å². The number of nitrogens with two attached hydrogens (primary N) is 1. The SMILES string of the molecule is C=C[CH2-].[NH2-].[W+2]. The minimum atomic E-state index is 0. The maximum absolute atomic E-state index is 3.25. The van der Waals surface area contributed by atoms with Gasteiger partial charge in [0.05, 0.1) is 0 Å². The fraction of sp³-hybridized carbons (Fsp3) is 0. The first-order chi connectivity index (χ1) is 1.41. The fourth-order valence-corrected chi connectivity index (χ4v) is 0. The van der Waals surface area contributed by atoms with Crippen LogP contribution in [0.5, 0.6) is 0 Å². The summed E-state index contributed by atoms with van der Waals surface area (Å²) in [6.45, 7) is 6.50. The molecule has 30 valence electrons. The van der Waals surface area contributed by atoms with E-state index in [0.29, 0.717) is 0 Å². The van der Waals surface area contributed by atoms with E-state index in [1.165, 1.54) is 6.08 Å². The van der Waals surface area contributed by atoms with Gasteiger partial charge in [-0.2, -0.15) is 0 Å². The van der Waals surface area contributed by atoms with Gasteiger partial charge in [-0.1, -0.05) is 0 Å². The van der Waals surface area contributed by atoms with Crippen molar-refractivity contribution in [2.24, 2.45) is 0 Å². The minimum absolute atomic E-state index is 0. The molecule has 0 spiro atoms. The molecule has 0 radical (unpaired) electrons.